The van der Waals surface area contributed by atoms with E-state index in [4.69, 9.17) is 4.74 Å². The highest BCUT2D eigenvalue weighted by Crippen LogP contribution is 2.55. The lowest BCUT2D eigenvalue weighted by atomic mass is 9.51. The summed E-state index contributed by atoms with van der Waals surface area (Å²) in [5.74, 6) is -0.770. The number of nitrogens with zero attached hydrogens (tertiary/aromatic N) is 1. The molecular formula is C27H25F3N2O4. The van der Waals surface area contributed by atoms with Crippen LogP contribution in [0.1, 0.15) is 48.7 Å². The lowest BCUT2D eigenvalue weighted by Crippen LogP contribution is -2.51. The van der Waals surface area contributed by atoms with Crippen LogP contribution in [0.5, 0.6) is 11.5 Å². The number of halogens is 3. The monoisotopic (exact) mass is 498 g/mol. The molecule has 2 aliphatic rings. The molecule has 188 valence electrons. The Morgan fingerprint density at radius 3 is 2.42 bits per heavy atom. The van der Waals surface area contributed by atoms with Crippen molar-refractivity contribution >= 4 is 17.4 Å². The Bertz CT molecular complexity index is 1310. The molecule has 0 aromatic heterocycles. The number of methoxy groups -OCH3 is 1. The summed E-state index contributed by atoms with van der Waals surface area (Å²) in [6.45, 7) is 5.75. The van der Waals surface area contributed by atoms with E-state index in [1.165, 1.54) is 19.2 Å². The number of amides is 1. The molecule has 0 fully saturated rings. The summed E-state index contributed by atoms with van der Waals surface area (Å²) in [6, 6.07) is 10.4. The van der Waals surface area contributed by atoms with Gasteiger partial charge in [-0.3, -0.25) is 9.59 Å². The molecule has 0 radical (unpaired) electrons. The molecule has 0 saturated carbocycles. The Hall–Kier alpha value is -3.80. The molecule has 0 unspecified atom stereocenters. The minimum absolute atomic E-state index is 0.0380. The van der Waals surface area contributed by atoms with Gasteiger partial charge in [0, 0.05) is 16.5 Å². The number of rotatable bonds is 4. The third-order valence-corrected chi connectivity index (χ3v) is 7.29. The number of nitrogens with one attached hydrogen (secondary N) is 1. The first kappa shape index (κ1) is 25.3. The third-order valence-electron chi connectivity index (χ3n) is 7.29. The van der Waals surface area contributed by atoms with Crippen LogP contribution in [0.2, 0.25) is 0 Å². The van der Waals surface area contributed by atoms with Gasteiger partial charge in [-0.15, -0.1) is 13.2 Å². The second-order valence-electron chi connectivity index (χ2n) is 9.83. The number of aryl methyl sites for hydroxylation is 1. The molecule has 2 atom stereocenters. The van der Waals surface area contributed by atoms with E-state index in [-0.39, 0.29) is 28.5 Å². The second-order valence-corrected chi connectivity index (χ2v) is 9.83. The van der Waals surface area contributed by atoms with Crippen LogP contribution in [0.4, 0.5) is 18.9 Å². The highest BCUT2D eigenvalue weighted by Gasteiger charge is 2.54. The van der Waals surface area contributed by atoms with Crippen LogP contribution in [0.3, 0.4) is 0 Å². The van der Waals surface area contributed by atoms with E-state index in [1.54, 1.807) is 18.2 Å². The van der Waals surface area contributed by atoms with Crippen LogP contribution in [0.25, 0.3) is 0 Å². The van der Waals surface area contributed by atoms with E-state index in [0.717, 1.165) is 23.3 Å². The molecule has 9 heteroatoms. The zero-order valence-electron chi connectivity index (χ0n) is 20.2. The summed E-state index contributed by atoms with van der Waals surface area (Å²) in [5, 5.41) is 12.3. The molecule has 0 spiro atoms. The van der Waals surface area contributed by atoms with Crippen molar-refractivity contribution in [3.05, 3.63) is 64.7 Å². The number of ketones is 1. The van der Waals surface area contributed by atoms with Crippen LogP contribution in [-0.2, 0) is 16.6 Å². The molecule has 36 heavy (non-hydrogen) atoms. The number of hydrogen-bond donors (Lipinski definition) is 1. The minimum atomic E-state index is -4.80. The van der Waals surface area contributed by atoms with E-state index in [0.29, 0.717) is 18.6 Å². The van der Waals surface area contributed by atoms with Crippen molar-refractivity contribution in [1.82, 2.24) is 0 Å². The number of fused-ring (bicyclic) bond motifs is 3. The number of ether oxygens (including phenoxy) is 2. The van der Waals surface area contributed by atoms with E-state index in [1.807, 2.05) is 26.8 Å². The fourth-order valence-electron chi connectivity index (χ4n) is 5.65. The van der Waals surface area contributed by atoms with Gasteiger partial charge in [0.2, 0.25) is 0 Å². The third kappa shape index (κ3) is 4.32. The average molecular weight is 499 g/mol. The number of carbonyl (C=O) groups is 2. The Morgan fingerprint density at radius 1 is 1.17 bits per heavy atom. The predicted molar refractivity (Wildman–Crippen MR) is 126 cm³/mol. The Labute approximate surface area is 206 Å². The van der Waals surface area contributed by atoms with Crippen LogP contribution in [0, 0.1) is 22.7 Å². The number of carbonyl (C=O) groups excluding carboxylic acids is 2. The van der Waals surface area contributed by atoms with Gasteiger partial charge >= 0.3 is 6.36 Å². The molecular weight excluding hydrogens is 473 g/mol. The smallest absolute Gasteiger partial charge is 0.496 e. The minimum Gasteiger partial charge on any atom is -0.496 e. The van der Waals surface area contributed by atoms with Gasteiger partial charge in [-0.05, 0) is 66.3 Å². The van der Waals surface area contributed by atoms with Crippen molar-refractivity contribution in [2.75, 3.05) is 12.4 Å². The number of hydrogen-bond acceptors (Lipinski definition) is 5. The molecule has 0 saturated heterocycles. The number of alkyl halides is 3. The largest absolute Gasteiger partial charge is 0.573 e. The van der Waals surface area contributed by atoms with E-state index >= 15 is 0 Å². The molecule has 0 bridgehead atoms. The number of allylic oxidation sites excluding steroid dienone is 2. The fraction of sp³-hybridized carbons (Fsp3) is 0.370. The molecule has 6 nitrogen and oxygen atoms in total. The molecule has 1 N–H and O–H groups in total. The van der Waals surface area contributed by atoms with Gasteiger partial charge in [-0.2, -0.15) is 5.26 Å². The quantitative estimate of drug-likeness (QED) is 0.582. The van der Waals surface area contributed by atoms with Gasteiger partial charge in [0.25, 0.3) is 5.91 Å². The summed E-state index contributed by atoms with van der Waals surface area (Å²) >= 11 is 0. The van der Waals surface area contributed by atoms with Crippen molar-refractivity contribution < 1.29 is 32.2 Å². The van der Waals surface area contributed by atoms with Crippen molar-refractivity contribution in [3.8, 4) is 17.6 Å². The summed E-state index contributed by atoms with van der Waals surface area (Å²) < 4.78 is 46.6. The predicted octanol–water partition coefficient (Wildman–Crippen LogP) is 5.73. The maximum absolute atomic E-state index is 13.1. The first-order valence-corrected chi connectivity index (χ1v) is 11.4. The van der Waals surface area contributed by atoms with Crippen LogP contribution < -0.4 is 14.8 Å². The fourth-order valence-corrected chi connectivity index (χ4v) is 5.65. The molecule has 4 rings (SSSR count). The molecule has 2 aromatic rings. The zero-order valence-corrected chi connectivity index (χ0v) is 20.2. The number of Topliss-reactive ketones (excluding diaryl/α,β-unsaturated/α-hetero) is 1. The summed E-state index contributed by atoms with van der Waals surface area (Å²) in [5.41, 5.74) is 1.16. The first-order chi connectivity index (χ1) is 16.8. The number of anilines is 1. The van der Waals surface area contributed by atoms with Crippen LogP contribution in [0.15, 0.2) is 48.0 Å². The van der Waals surface area contributed by atoms with E-state index in [9.17, 15) is 28.0 Å². The Kier molecular flexibility index (Phi) is 6.11. The topological polar surface area (TPSA) is 88.4 Å². The lowest BCUT2D eigenvalue weighted by molar-refractivity contribution is -0.274. The standard InChI is InChI=1S/C27H25F3N2O4/c1-25(2)22-10-5-15-11-19(24(34)32-17-6-8-18(9-7-17)36-27(28,29)30)21(35-4)12-20(15)26(22,3)13-16(14-31)23(25)33/h6-9,11-13,22H,5,10H2,1-4H3,(H,32,34)/t22-,26+/m0/s1. The van der Waals surface area contributed by atoms with Gasteiger partial charge in [0.15, 0.2) is 5.78 Å². The van der Waals surface area contributed by atoms with Gasteiger partial charge in [0.1, 0.15) is 17.6 Å². The highest BCUT2D eigenvalue weighted by molar-refractivity contribution is 6.07. The van der Waals surface area contributed by atoms with Gasteiger partial charge in [0.05, 0.1) is 18.2 Å². The second kappa shape index (κ2) is 8.70. The van der Waals surface area contributed by atoms with Crippen LogP contribution in [-0.4, -0.2) is 25.2 Å². The maximum atomic E-state index is 13.1. The van der Waals surface area contributed by atoms with Gasteiger partial charge < -0.3 is 14.8 Å². The summed E-state index contributed by atoms with van der Waals surface area (Å²) in [7, 11) is 1.44. The maximum Gasteiger partial charge on any atom is 0.573 e. The van der Waals surface area contributed by atoms with Crippen molar-refractivity contribution in [2.45, 2.75) is 45.4 Å². The SMILES string of the molecule is COc1cc2c(cc1C(=O)Nc1ccc(OC(F)(F)F)cc1)CC[C@H]1C(C)(C)C(=O)C(C#N)=C[C@]21C. The van der Waals surface area contributed by atoms with Crippen molar-refractivity contribution in [2.24, 2.45) is 11.3 Å². The molecule has 2 aromatic carbocycles. The number of benzene rings is 2. The first-order valence-electron chi connectivity index (χ1n) is 11.4. The lowest BCUT2D eigenvalue weighted by Gasteiger charge is -2.51. The van der Waals surface area contributed by atoms with Crippen molar-refractivity contribution in [3.63, 3.8) is 0 Å². The highest BCUT2D eigenvalue weighted by atomic mass is 19.4. The molecule has 2 aliphatic carbocycles. The average Bonchev–Trinajstić information content (AvgIpc) is 2.81. The summed E-state index contributed by atoms with van der Waals surface area (Å²) in [6.07, 6.45) is -1.73. The van der Waals surface area contributed by atoms with Crippen molar-refractivity contribution in [1.29, 1.82) is 5.26 Å². The number of nitriles is 1. The molecule has 0 aliphatic heterocycles. The Balaban J connectivity index is 1.68. The van der Waals surface area contributed by atoms with E-state index < -0.39 is 28.8 Å². The molecule has 0 heterocycles. The van der Waals surface area contributed by atoms with Crippen LogP contribution >= 0.6 is 0 Å². The molecule has 1 amide bonds. The summed E-state index contributed by atoms with van der Waals surface area (Å²) in [4.78, 5) is 26.0. The normalized spacial score (nSPS) is 22.4. The Morgan fingerprint density at radius 2 is 1.83 bits per heavy atom. The van der Waals surface area contributed by atoms with E-state index in [2.05, 4.69) is 10.1 Å². The zero-order chi connectivity index (χ0) is 26.5. The van der Waals surface area contributed by atoms with Gasteiger partial charge in [-0.1, -0.05) is 26.8 Å². The van der Waals surface area contributed by atoms with Gasteiger partial charge in [-0.25, -0.2) is 0 Å².